The van der Waals surface area contributed by atoms with E-state index in [1.54, 1.807) is 6.20 Å². The molecule has 0 aliphatic carbocycles. The number of rotatable bonds is 11. The fourth-order valence-electron chi connectivity index (χ4n) is 4.76. The van der Waals surface area contributed by atoms with Crippen molar-refractivity contribution in [3.63, 3.8) is 0 Å². The lowest BCUT2D eigenvalue weighted by atomic mass is 10.0. The number of aldehydes is 1. The SMILES string of the molecule is O=C[C@H](Cc1c[nH]c2ccccc12)NC(=O)[C@H](Cc1ccccc1)n1cc(COc2ccc3nc(S)sc3c2)nn1. The van der Waals surface area contributed by atoms with Gasteiger partial charge in [-0.25, -0.2) is 9.67 Å². The number of nitrogens with zero attached hydrogens (tertiary/aromatic N) is 4. The highest BCUT2D eigenvalue weighted by Crippen LogP contribution is 2.28. The molecule has 3 aromatic carbocycles. The van der Waals surface area contributed by atoms with E-state index in [-0.39, 0.29) is 12.5 Å². The summed E-state index contributed by atoms with van der Waals surface area (Å²) >= 11 is 5.79. The van der Waals surface area contributed by atoms with Crippen LogP contribution in [0.25, 0.3) is 21.1 Å². The second-order valence-electron chi connectivity index (χ2n) is 9.62. The van der Waals surface area contributed by atoms with Crippen LogP contribution in [0, 0.1) is 0 Å². The van der Waals surface area contributed by atoms with Crippen molar-refractivity contribution in [1.29, 1.82) is 0 Å². The van der Waals surface area contributed by atoms with Crippen LogP contribution in [-0.2, 0) is 29.0 Å². The molecule has 0 radical (unpaired) electrons. The summed E-state index contributed by atoms with van der Waals surface area (Å²) in [6.45, 7) is 0.176. The molecule has 0 spiro atoms. The Morgan fingerprint density at radius 3 is 2.78 bits per heavy atom. The fourth-order valence-corrected chi connectivity index (χ4v) is 5.90. The van der Waals surface area contributed by atoms with Crippen LogP contribution in [0.1, 0.15) is 22.9 Å². The lowest BCUT2D eigenvalue weighted by molar-refractivity contribution is -0.127. The number of carbonyl (C=O) groups excluding carboxylic acids is 2. The van der Waals surface area contributed by atoms with E-state index in [1.807, 2.05) is 79.0 Å². The molecule has 2 N–H and O–H groups in total. The summed E-state index contributed by atoms with van der Waals surface area (Å²) in [7, 11) is 0. The van der Waals surface area contributed by atoms with Crippen LogP contribution in [0.3, 0.4) is 0 Å². The van der Waals surface area contributed by atoms with E-state index in [0.717, 1.165) is 38.5 Å². The maximum atomic E-state index is 13.6. The number of benzene rings is 3. The Bertz CT molecular complexity index is 1810. The number of thiol groups is 1. The molecule has 0 saturated heterocycles. The van der Waals surface area contributed by atoms with Gasteiger partial charge in [-0.15, -0.1) is 29.1 Å². The zero-order valence-corrected chi connectivity index (χ0v) is 23.5. The first-order valence-electron chi connectivity index (χ1n) is 13.0. The van der Waals surface area contributed by atoms with Crippen LogP contribution in [0.15, 0.2) is 89.5 Å². The quantitative estimate of drug-likeness (QED) is 0.147. The number of ether oxygens (including phenoxy) is 1. The maximum Gasteiger partial charge on any atom is 0.245 e. The molecule has 2 atom stereocenters. The monoisotopic (exact) mass is 582 g/mol. The van der Waals surface area contributed by atoms with Gasteiger partial charge in [-0.3, -0.25) is 4.79 Å². The first-order valence-corrected chi connectivity index (χ1v) is 14.3. The van der Waals surface area contributed by atoms with Crippen molar-refractivity contribution in [2.45, 2.75) is 35.9 Å². The van der Waals surface area contributed by atoms with Crippen molar-refractivity contribution in [1.82, 2.24) is 30.3 Å². The average Bonchev–Trinajstić information content (AvgIpc) is 3.72. The van der Waals surface area contributed by atoms with Gasteiger partial charge in [0, 0.05) is 29.9 Å². The van der Waals surface area contributed by atoms with Gasteiger partial charge in [0.1, 0.15) is 34.7 Å². The van der Waals surface area contributed by atoms with Crippen LogP contribution in [0.4, 0.5) is 0 Å². The highest BCUT2D eigenvalue weighted by atomic mass is 32.2. The summed E-state index contributed by atoms with van der Waals surface area (Å²) in [6.07, 6.45) is 5.11. The first kappa shape index (κ1) is 26.7. The Morgan fingerprint density at radius 2 is 1.93 bits per heavy atom. The molecule has 0 unspecified atom stereocenters. The van der Waals surface area contributed by atoms with Gasteiger partial charge in [0.15, 0.2) is 0 Å². The lowest BCUT2D eigenvalue weighted by Crippen LogP contribution is -2.42. The van der Waals surface area contributed by atoms with E-state index in [4.69, 9.17) is 4.74 Å². The highest BCUT2D eigenvalue weighted by molar-refractivity contribution is 7.82. The molecular formula is C30H26N6O3S2. The average molecular weight is 583 g/mol. The van der Waals surface area contributed by atoms with Gasteiger partial charge in [0.25, 0.3) is 0 Å². The number of aromatic amines is 1. The largest absolute Gasteiger partial charge is 0.487 e. The maximum absolute atomic E-state index is 13.6. The van der Waals surface area contributed by atoms with Gasteiger partial charge in [-0.05, 0) is 35.4 Å². The Labute approximate surface area is 245 Å². The summed E-state index contributed by atoms with van der Waals surface area (Å²) < 4.78 is 9.16. The van der Waals surface area contributed by atoms with Crippen LogP contribution in [0.5, 0.6) is 5.75 Å². The first-order chi connectivity index (χ1) is 20.1. The molecular weight excluding hydrogens is 557 g/mol. The minimum atomic E-state index is -0.716. The zero-order valence-electron chi connectivity index (χ0n) is 21.8. The molecule has 3 aromatic heterocycles. The topological polar surface area (TPSA) is 115 Å². The Hall–Kier alpha value is -4.48. The third-order valence-electron chi connectivity index (χ3n) is 6.79. The van der Waals surface area contributed by atoms with Crippen molar-refractivity contribution >= 4 is 57.3 Å². The summed E-state index contributed by atoms with van der Waals surface area (Å²) in [5, 5.41) is 12.5. The van der Waals surface area contributed by atoms with Crippen molar-refractivity contribution in [3.05, 3.63) is 102 Å². The lowest BCUT2D eigenvalue weighted by Gasteiger charge is -2.20. The Balaban J connectivity index is 1.18. The molecule has 6 rings (SSSR count). The summed E-state index contributed by atoms with van der Waals surface area (Å²) in [5.41, 5.74) is 4.34. The second-order valence-corrected chi connectivity index (χ2v) is 11.4. The molecule has 0 aliphatic heterocycles. The standard InChI is InChI=1S/C30H26N6O3S2/c37-17-21(13-20-15-31-25-9-5-4-8-24(20)25)32-29(38)27(12-19-6-2-1-3-7-19)36-16-22(34-35-36)18-39-23-10-11-26-28(14-23)41-30(40)33-26/h1-11,14-17,21,27,31H,12-13,18H2,(H,32,38)(H,33,40)/t21-,27-/m0/s1. The minimum Gasteiger partial charge on any atom is -0.487 e. The van der Waals surface area contributed by atoms with Gasteiger partial charge >= 0.3 is 0 Å². The molecule has 0 saturated carbocycles. The summed E-state index contributed by atoms with van der Waals surface area (Å²) in [6, 6.07) is 21.8. The van der Waals surface area contributed by atoms with Gasteiger partial charge in [-0.2, -0.15) is 0 Å². The molecule has 3 heterocycles. The van der Waals surface area contributed by atoms with E-state index in [2.05, 4.69) is 38.2 Å². The summed E-state index contributed by atoms with van der Waals surface area (Å²) in [4.78, 5) is 33.2. The van der Waals surface area contributed by atoms with E-state index in [1.165, 1.54) is 16.0 Å². The number of H-pyrrole nitrogens is 1. The van der Waals surface area contributed by atoms with Crippen molar-refractivity contribution in [2.75, 3.05) is 0 Å². The minimum absolute atomic E-state index is 0.176. The molecule has 206 valence electrons. The van der Waals surface area contributed by atoms with Crippen LogP contribution < -0.4 is 10.1 Å². The number of hydrogen-bond donors (Lipinski definition) is 3. The fraction of sp³-hybridized carbons (Fsp3) is 0.167. The molecule has 6 aromatic rings. The normalized spacial score (nSPS) is 12.8. The number of aromatic nitrogens is 5. The Morgan fingerprint density at radius 1 is 1.10 bits per heavy atom. The number of para-hydroxylation sites is 1. The Kier molecular flexibility index (Phi) is 7.79. The second kappa shape index (κ2) is 11.9. The van der Waals surface area contributed by atoms with Crippen molar-refractivity contribution in [3.8, 4) is 5.75 Å². The van der Waals surface area contributed by atoms with E-state index >= 15 is 0 Å². The third-order valence-corrected chi connectivity index (χ3v) is 7.99. The number of fused-ring (bicyclic) bond motifs is 2. The zero-order chi connectivity index (χ0) is 28.2. The molecule has 0 aliphatic rings. The van der Waals surface area contributed by atoms with Crippen LogP contribution >= 0.6 is 24.0 Å². The number of thiazole rings is 1. The van der Waals surface area contributed by atoms with Gasteiger partial charge < -0.3 is 19.8 Å². The van der Waals surface area contributed by atoms with Gasteiger partial charge in [0.05, 0.1) is 22.5 Å². The number of carbonyl (C=O) groups is 2. The summed E-state index contributed by atoms with van der Waals surface area (Å²) in [5.74, 6) is 0.357. The van der Waals surface area contributed by atoms with Gasteiger partial charge in [-0.1, -0.05) is 53.7 Å². The smallest absolute Gasteiger partial charge is 0.245 e. The van der Waals surface area contributed by atoms with Gasteiger partial charge in [0.2, 0.25) is 5.91 Å². The van der Waals surface area contributed by atoms with Crippen molar-refractivity contribution in [2.24, 2.45) is 0 Å². The highest BCUT2D eigenvalue weighted by Gasteiger charge is 2.26. The molecule has 11 heteroatoms. The molecule has 41 heavy (non-hydrogen) atoms. The van der Waals surface area contributed by atoms with E-state index in [9.17, 15) is 9.59 Å². The number of nitrogens with one attached hydrogen (secondary N) is 2. The predicted molar refractivity (Wildman–Crippen MR) is 160 cm³/mol. The third kappa shape index (κ3) is 6.16. The number of amides is 1. The predicted octanol–water partition coefficient (Wildman–Crippen LogP) is 4.95. The molecule has 0 bridgehead atoms. The van der Waals surface area contributed by atoms with E-state index < -0.39 is 12.1 Å². The molecule has 9 nitrogen and oxygen atoms in total. The number of hydrogen-bond acceptors (Lipinski definition) is 8. The van der Waals surface area contributed by atoms with E-state index in [0.29, 0.717) is 28.6 Å². The molecule has 0 fully saturated rings. The van der Waals surface area contributed by atoms with Crippen molar-refractivity contribution < 1.29 is 14.3 Å². The van der Waals surface area contributed by atoms with Crippen LogP contribution in [0.2, 0.25) is 0 Å². The molecule has 1 amide bonds. The van der Waals surface area contributed by atoms with Crippen LogP contribution in [-0.4, -0.2) is 43.2 Å².